The van der Waals surface area contributed by atoms with E-state index >= 15 is 0 Å². The molecule has 0 bridgehead atoms. The lowest BCUT2D eigenvalue weighted by Crippen LogP contribution is -2.37. The number of nitrogens with one attached hydrogen (secondary N) is 1. The Labute approximate surface area is 119 Å². The number of benzene rings is 1. The van der Waals surface area contributed by atoms with Gasteiger partial charge in [0.1, 0.15) is 0 Å². The zero-order valence-electron chi connectivity index (χ0n) is 12.3. The smallest absolute Gasteiger partial charge is 0.0672 e. The highest BCUT2D eigenvalue weighted by Crippen LogP contribution is 2.31. The number of likely N-dealkylation sites (N-methyl/N-ethyl adjacent to an activating group) is 1. The summed E-state index contributed by atoms with van der Waals surface area (Å²) >= 11 is 0. The third kappa shape index (κ3) is 2.22. The van der Waals surface area contributed by atoms with E-state index in [0.29, 0.717) is 6.04 Å². The number of H-pyrrole nitrogens is 1. The molecule has 5 heteroatoms. The van der Waals surface area contributed by atoms with E-state index in [1.807, 2.05) is 12.3 Å². The van der Waals surface area contributed by atoms with Crippen LogP contribution >= 0.6 is 0 Å². The maximum Gasteiger partial charge on any atom is 0.0672 e. The summed E-state index contributed by atoms with van der Waals surface area (Å²) in [6.07, 6.45) is 3.03. The summed E-state index contributed by atoms with van der Waals surface area (Å²) in [5.41, 5.74) is 9.25. The van der Waals surface area contributed by atoms with Crippen LogP contribution in [0.2, 0.25) is 0 Å². The van der Waals surface area contributed by atoms with Gasteiger partial charge in [-0.2, -0.15) is 5.10 Å². The van der Waals surface area contributed by atoms with Gasteiger partial charge in [-0.15, -0.1) is 0 Å². The van der Waals surface area contributed by atoms with E-state index in [2.05, 4.69) is 39.9 Å². The number of aromatic amines is 1. The van der Waals surface area contributed by atoms with Crippen molar-refractivity contribution in [2.24, 2.45) is 0 Å². The minimum absolute atomic E-state index is 0.641. The summed E-state index contributed by atoms with van der Waals surface area (Å²) in [5, 5.41) is 8.17. The van der Waals surface area contributed by atoms with Gasteiger partial charge in [0.15, 0.2) is 0 Å². The number of anilines is 2. The fourth-order valence-corrected chi connectivity index (χ4v) is 3.27. The molecule has 1 saturated heterocycles. The molecular formula is C15H23N5. The van der Waals surface area contributed by atoms with Gasteiger partial charge < -0.3 is 10.6 Å². The van der Waals surface area contributed by atoms with Gasteiger partial charge >= 0.3 is 0 Å². The summed E-state index contributed by atoms with van der Waals surface area (Å²) < 4.78 is 0. The number of aromatic nitrogens is 2. The van der Waals surface area contributed by atoms with Crippen molar-refractivity contribution in [2.75, 3.05) is 36.8 Å². The first-order valence-electron chi connectivity index (χ1n) is 7.44. The molecule has 3 N–H and O–H groups in total. The number of nitrogens with zero attached hydrogens (tertiary/aromatic N) is 3. The molecule has 108 valence electrons. The molecule has 1 aliphatic heterocycles. The Hall–Kier alpha value is -1.75. The van der Waals surface area contributed by atoms with Crippen LogP contribution in [0, 0.1) is 0 Å². The third-order valence-electron chi connectivity index (χ3n) is 4.42. The maximum absolute atomic E-state index is 6.22. The van der Waals surface area contributed by atoms with E-state index in [1.54, 1.807) is 0 Å². The Kier molecular flexibility index (Phi) is 3.53. The standard InChI is InChI=1S/C15H23N5/c1-3-19(4-2)12-5-6-20(10-12)15-8-14-11(7-13(15)16)9-17-18-14/h7-9,12H,3-6,10,16H2,1-2H3,(H,17,18). The minimum Gasteiger partial charge on any atom is -0.397 e. The maximum atomic E-state index is 6.22. The lowest BCUT2D eigenvalue weighted by Gasteiger charge is -2.27. The molecule has 1 aromatic carbocycles. The van der Waals surface area contributed by atoms with Gasteiger partial charge in [0.25, 0.3) is 0 Å². The molecule has 1 atom stereocenters. The van der Waals surface area contributed by atoms with Crippen molar-refractivity contribution in [3.63, 3.8) is 0 Å². The summed E-state index contributed by atoms with van der Waals surface area (Å²) in [6.45, 7) is 8.83. The minimum atomic E-state index is 0.641. The van der Waals surface area contributed by atoms with Crippen molar-refractivity contribution < 1.29 is 0 Å². The van der Waals surface area contributed by atoms with E-state index in [-0.39, 0.29) is 0 Å². The van der Waals surface area contributed by atoms with Crippen LogP contribution < -0.4 is 10.6 Å². The Morgan fingerprint density at radius 3 is 2.95 bits per heavy atom. The Balaban J connectivity index is 1.83. The van der Waals surface area contributed by atoms with Crippen LogP contribution in [-0.2, 0) is 0 Å². The zero-order valence-corrected chi connectivity index (χ0v) is 12.3. The third-order valence-corrected chi connectivity index (χ3v) is 4.42. The molecule has 0 amide bonds. The van der Waals surface area contributed by atoms with Crippen LogP contribution in [0.4, 0.5) is 11.4 Å². The molecule has 0 aliphatic carbocycles. The molecule has 1 aliphatic rings. The molecule has 1 fully saturated rings. The van der Waals surface area contributed by atoms with E-state index in [4.69, 9.17) is 5.73 Å². The van der Waals surface area contributed by atoms with Crippen LogP contribution in [-0.4, -0.2) is 47.3 Å². The van der Waals surface area contributed by atoms with Crippen molar-refractivity contribution >= 4 is 22.3 Å². The highest BCUT2D eigenvalue weighted by Gasteiger charge is 2.27. The highest BCUT2D eigenvalue weighted by atomic mass is 15.3. The van der Waals surface area contributed by atoms with Gasteiger partial charge in [-0.05, 0) is 31.6 Å². The second kappa shape index (κ2) is 5.32. The fraction of sp³-hybridized carbons (Fsp3) is 0.533. The predicted molar refractivity (Wildman–Crippen MR) is 84.0 cm³/mol. The summed E-state index contributed by atoms with van der Waals surface area (Å²) in [7, 11) is 0. The van der Waals surface area contributed by atoms with E-state index < -0.39 is 0 Å². The van der Waals surface area contributed by atoms with Gasteiger partial charge in [0.05, 0.1) is 23.1 Å². The molecule has 5 nitrogen and oxygen atoms in total. The molecule has 2 heterocycles. The van der Waals surface area contributed by atoms with E-state index in [0.717, 1.165) is 48.5 Å². The fourth-order valence-electron chi connectivity index (χ4n) is 3.27. The SMILES string of the molecule is CCN(CC)C1CCN(c2cc3[nH]ncc3cc2N)C1. The number of nitrogens with two attached hydrogens (primary N) is 1. The predicted octanol–water partition coefficient (Wildman–Crippen LogP) is 2.07. The number of hydrogen-bond acceptors (Lipinski definition) is 4. The number of nitrogen functional groups attached to an aromatic ring is 1. The molecule has 1 unspecified atom stereocenters. The topological polar surface area (TPSA) is 61.2 Å². The normalized spacial score (nSPS) is 19.4. The zero-order chi connectivity index (χ0) is 14.1. The van der Waals surface area contributed by atoms with Crippen molar-refractivity contribution in [1.29, 1.82) is 0 Å². The molecule has 1 aromatic heterocycles. The molecular weight excluding hydrogens is 250 g/mol. The monoisotopic (exact) mass is 273 g/mol. The Morgan fingerprint density at radius 1 is 1.40 bits per heavy atom. The molecule has 0 saturated carbocycles. The van der Waals surface area contributed by atoms with Crippen LogP contribution in [0.15, 0.2) is 18.3 Å². The first kappa shape index (κ1) is 13.2. The molecule has 20 heavy (non-hydrogen) atoms. The first-order valence-corrected chi connectivity index (χ1v) is 7.44. The van der Waals surface area contributed by atoms with E-state index in [9.17, 15) is 0 Å². The Bertz CT molecular complexity index is 587. The highest BCUT2D eigenvalue weighted by molar-refractivity contribution is 5.89. The van der Waals surface area contributed by atoms with E-state index in [1.165, 1.54) is 6.42 Å². The van der Waals surface area contributed by atoms with Gasteiger partial charge in [0.2, 0.25) is 0 Å². The lowest BCUT2D eigenvalue weighted by molar-refractivity contribution is 0.232. The first-order chi connectivity index (χ1) is 9.72. The van der Waals surface area contributed by atoms with Gasteiger partial charge in [-0.1, -0.05) is 13.8 Å². The van der Waals surface area contributed by atoms with Gasteiger partial charge in [0, 0.05) is 24.5 Å². The second-order valence-electron chi connectivity index (χ2n) is 5.48. The number of fused-ring (bicyclic) bond motifs is 1. The quantitative estimate of drug-likeness (QED) is 0.837. The number of hydrogen-bond donors (Lipinski definition) is 2. The van der Waals surface area contributed by atoms with Crippen LogP contribution in [0.5, 0.6) is 0 Å². The van der Waals surface area contributed by atoms with Crippen LogP contribution in [0.1, 0.15) is 20.3 Å². The largest absolute Gasteiger partial charge is 0.397 e. The van der Waals surface area contributed by atoms with Gasteiger partial charge in [-0.3, -0.25) is 10.00 Å². The summed E-state index contributed by atoms with van der Waals surface area (Å²) in [6, 6.07) is 4.78. The van der Waals surface area contributed by atoms with Crippen LogP contribution in [0.3, 0.4) is 0 Å². The molecule has 0 spiro atoms. The van der Waals surface area contributed by atoms with Crippen molar-refractivity contribution in [3.05, 3.63) is 18.3 Å². The molecule has 3 rings (SSSR count). The Morgan fingerprint density at radius 2 is 2.20 bits per heavy atom. The number of rotatable bonds is 4. The average Bonchev–Trinajstić information content (AvgIpc) is 3.07. The van der Waals surface area contributed by atoms with Crippen LogP contribution in [0.25, 0.3) is 10.9 Å². The summed E-state index contributed by atoms with van der Waals surface area (Å²) in [4.78, 5) is 4.93. The summed E-state index contributed by atoms with van der Waals surface area (Å²) in [5.74, 6) is 0. The molecule has 0 radical (unpaired) electrons. The van der Waals surface area contributed by atoms with Gasteiger partial charge in [-0.25, -0.2) is 0 Å². The van der Waals surface area contributed by atoms with Crippen molar-refractivity contribution in [2.45, 2.75) is 26.3 Å². The lowest BCUT2D eigenvalue weighted by atomic mass is 10.2. The van der Waals surface area contributed by atoms with Crippen molar-refractivity contribution in [1.82, 2.24) is 15.1 Å². The second-order valence-corrected chi connectivity index (χ2v) is 5.48. The average molecular weight is 273 g/mol. The molecule has 2 aromatic rings. The van der Waals surface area contributed by atoms with Crippen molar-refractivity contribution in [3.8, 4) is 0 Å².